The Balaban J connectivity index is 0.000000344. The summed E-state index contributed by atoms with van der Waals surface area (Å²) >= 11 is 0. The fraction of sp³-hybridized carbons (Fsp3) is 0.398. The van der Waals surface area contributed by atoms with Crippen LogP contribution in [-0.2, 0) is 47.6 Å². The van der Waals surface area contributed by atoms with Gasteiger partial charge in [-0.3, -0.25) is 0 Å². The average Bonchev–Trinajstić information content (AvgIpc) is 0.829. The molecule has 1 aliphatic rings. The summed E-state index contributed by atoms with van der Waals surface area (Å²) in [4.78, 5) is 109. The van der Waals surface area contributed by atoms with E-state index in [0.29, 0.717) is 105 Å². The molecule has 0 amide bonds. The molecule has 0 atom stereocenters. The van der Waals surface area contributed by atoms with Crippen molar-refractivity contribution in [3.05, 3.63) is 224 Å². The second-order valence-corrected chi connectivity index (χ2v) is 25.8. The molecule has 0 heterocycles. The second-order valence-electron chi connectivity index (χ2n) is 25.8. The molecule has 1 saturated carbocycles. The Hall–Kier alpha value is -11.3. The van der Waals surface area contributed by atoms with Gasteiger partial charge < -0.3 is 61.6 Å². The number of carbonyl (C=O) groups is 9. The lowest BCUT2D eigenvalue weighted by molar-refractivity contribution is -0.138. The minimum atomic E-state index is -0.721. The van der Waals surface area contributed by atoms with Crippen LogP contribution in [0.5, 0.6) is 40.2 Å². The first kappa shape index (κ1) is 87.6. The van der Waals surface area contributed by atoms with Crippen molar-refractivity contribution in [3.8, 4) is 40.2 Å². The molecule has 0 saturated heterocycles. The summed E-state index contributed by atoms with van der Waals surface area (Å²) in [5, 5.41) is 0. The molecular weight excluding hydrogens is 1410 g/mol. The Morgan fingerprint density at radius 2 is 0.609 bits per heavy atom. The topological polar surface area (TPSA) is 274 Å². The molecule has 7 rings (SSSR count). The van der Waals surface area contributed by atoms with Crippen LogP contribution >= 0.6 is 0 Å². The number of unbranched alkanes of at least 4 members (excludes halogenated alkanes) is 14. The van der Waals surface area contributed by atoms with Crippen LogP contribution in [0.2, 0.25) is 0 Å². The summed E-state index contributed by atoms with van der Waals surface area (Å²) in [7, 11) is 0. The third kappa shape index (κ3) is 34.7. The van der Waals surface area contributed by atoms with E-state index in [9.17, 15) is 43.2 Å². The summed E-state index contributed by atoms with van der Waals surface area (Å²) in [6, 6.07) is 38.7. The van der Waals surface area contributed by atoms with Crippen LogP contribution in [0.3, 0.4) is 0 Å². The Morgan fingerprint density at radius 1 is 0.309 bits per heavy atom. The van der Waals surface area contributed by atoms with E-state index >= 15 is 0 Å². The number of hydrogen-bond acceptors (Lipinski definition) is 22. The number of rotatable bonds is 50. The van der Waals surface area contributed by atoms with Crippen LogP contribution in [0.25, 0.3) is 0 Å². The van der Waals surface area contributed by atoms with Crippen LogP contribution in [-0.4, -0.2) is 119 Å². The van der Waals surface area contributed by atoms with E-state index in [1.807, 2.05) is 31.2 Å². The number of carbonyl (C=O) groups excluding carboxylic acids is 9. The molecule has 0 unspecified atom stereocenters. The van der Waals surface area contributed by atoms with Crippen molar-refractivity contribution >= 4 is 53.7 Å². The zero-order valence-corrected chi connectivity index (χ0v) is 63.2. The Labute approximate surface area is 645 Å². The lowest BCUT2D eigenvalue weighted by atomic mass is 9.83. The number of benzene rings is 6. The fourth-order valence-electron chi connectivity index (χ4n) is 11.1. The van der Waals surface area contributed by atoms with Crippen LogP contribution in [0.1, 0.15) is 218 Å². The normalized spacial score (nSPS) is 12.7. The molecule has 1 fully saturated rings. The Kier molecular flexibility index (Phi) is 41.3. The van der Waals surface area contributed by atoms with E-state index in [1.165, 1.54) is 29.8 Å². The van der Waals surface area contributed by atoms with Crippen molar-refractivity contribution in [1.29, 1.82) is 0 Å². The molecule has 0 aliphatic heterocycles. The quantitative estimate of drug-likeness (QED) is 0.0113. The van der Waals surface area contributed by atoms with E-state index in [-0.39, 0.29) is 46.9 Å². The van der Waals surface area contributed by atoms with Gasteiger partial charge in [0.15, 0.2) is 0 Å². The minimum Gasteiger partial charge on any atom is -0.494 e. The van der Waals surface area contributed by atoms with Crippen molar-refractivity contribution in [3.63, 3.8) is 0 Å². The highest BCUT2D eigenvalue weighted by atomic mass is 16.6. The summed E-state index contributed by atoms with van der Waals surface area (Å²) in [5.41, 5.74) is 2.53. The van der Waals surface area contributed by atoms with E-state index in [1.54, 1.807) is 97.1 Å². The van der Waals surface area contributed by atoms with E-state index < -0.39 is 47.8 Å². The molecule has 6 aromatic carbocycles. The molecule has 0 N–H and O–H groups in total. The van der Waals surface area contributed by atoms with Gasteiger partial charge in [-0.1, -0.05) is 58.2 Å². The minimum absolute atomic E-state index is 0.0486. The molecule has 0 bridgehead atoms. The van der Waals surface area contributed by atoms with Crippen LogP contribution < -0.4 is 33.2 Å². The molecule has 588 valence electrons. The molecule has 0 aromatic heterocycles. The summed E-state index contributed by atoms with van der Waals surface area (Å²) < 4.78 is 71.1. The Bertz CT molecular complexity index is 3830. The zero-order chi connectivity index (χ0) is 78.8. The van der Waals surface area contributed by atoms with Gasteiger partial charge in [0.25, 0.3) is 0 Å². The van der Waals surface area contributed by atoms with Gasteiger partial charge in [0.2, 0.25) is 0 Å². The highest BCUT2D eigenvalue weighted by molar-refractivity contribution is 5.97. The van der Waals surface area contributed by atoms with Gasteiger partial charge in [-0.25, -0.2) is 43.2 Å². The van der Waals surface area contributed by atoms with Gasteiger partial charge in [0, 0.05) is 24.3 Å². The smallest absolute Gasteiger partial charge is 0.343 e. The van der Waals surface area contributed by atoms with E-state index in [4.69, 9.17) is 61.6 Å². The van der Waals surface area contributed by atoms with Gasteiger partial charge in [0.05, 0.1) is 81.7 Å². The maximum atomic E-state index is 13.2. The predicted molar refractivity (Wildman–Crippen MR) is 414 cm³/mol. The van der Waals surface area contributed by atoms with Crippen molar-refractivity contribution in [2.75, 3.05) is 59.5 Å². The third-order valence-electron chi connectivity index (χ3n) is 17.3. The van der Waals surface area contributed by atoms with Crippen LogP contribution in [0.15, 0.2) is 190 Å². The highest BCUT2D eigenvalue weighted by Gasteiger charge is 2.27. The first-order valence-electron chi connectivity index (χ1n) is 37.9. The maximum absolute atomic E-state index is 13.2. The highest BCUT2D eigenvalue weighted by Crippen LogP contribution is 2.36. The van der Waals surface area contributed by atoms with Crippen molar-refractivity contribution in [2.45, 2.75) is 167 Å². The van der Waals surface area contributed by atoms with Crippen molar-refractivity contribution in [1.82, 2.24) is 0 Å². The summed E-state index contributed by atoms with van der Waals surface area (Å²) in [6.45, 7) is 19.3. The molecule has 22 nitrogen and oxygen atoms in total. The molecule has 6 aromatic rings. The maximum Gasteiger partial charge on any atom is 0.343 e. The van der Waals surface area contributed by atoms with Crippen molar-refractivity contribution in [2.24, 2.45) is 0 Å². The van der Waals surface area contributed by atoms with Crippen molar-refractivity contribution < 1.29 is 105 Å². The first-order chi connectivity index (χ1) is 53.6. The third-order valence-corrected chi connectivity index (χ3v) is 17.3. The molecule has 110 heavy (non-hydrogen) atoms. The first-order valence-corrected chi connectivity index (χ1v) is 37.9. The van der Waals surface area contributed by atoms with Gasteiger partial charge in [-0.05, 0) is 274 Å². The molecule has 0 radical (unpaired) electrons. The Morgan fingerprint density at radius 3 is 0.964 bits per heavy atom. The van der Waals surface area contributed by atoms with Gasteiger partial charge in [-0.15, -0.1) is 0 Å². The molecule has 1 aliphatic carbocycles. The second kappa shape index (κ2) is 51.9. The standard InChI is InChI=1S/C44H52O12.C44H52O10/c1-4-7-12-31-54-44(49)38-32-37(55-42(47)33-17-21-35(22-18-33)50-27-13-8-10-15-29-52-40(45)5-2)25-26-39(38)56-43(48)34-19-23-36(24-20-34)51-28-14-9-11-16-30-53-41(46)6-3;1-3-41(45)51-31-11-7-5-9-29-49-37-21-17-35(18-22-37)43(47)53-39-25-13-33(14-26-39)34-15-27-40(28-16-34)54-44(48)36-19-23-38(24-20-36)50-30-10-6-8-12-32-52-42(46)4-2/h5-6,17-26,32H,2-4,7-16,27-31H2,1H3;3-4,13-14,17-26,34,40H,1-2,5-12,15-16,27-32H2. The fourth-order valence-corrected chi connectivity index (χ4v) is 11.1. The molecule has 0 spiro atoms. The van der Waals surface area contributed by atoms with Gasteiger partial charge in [0.1, 0.15) is 51.9 Å². The lowest BCUT2D eigenvalue weighted by Gasteiger charge is -2.28. The van der Waals surface area contributed by atoms with Gasteiger partial charge in [-0.2, -0.15) is 0 Å². The lowest BCUT2D eigenvalue weighted by Crippen LogP contribution is -2.24. The molecule has 22 heteroatoms. The van der Waals surface area contributed by atoms with E-state index in [2.05, 4.69) is 26.3 Å². The monoisotopic (exact) mass is 1510 g/mol. The molecular formula is C88H104O22. The largest absolute Gasteiger partial charge is 0.494 e. The van der Waals surface area contributed by atoms with Crippen LogP contribution in [0.4, 0.5) is 0 Å². The van der Waals surface area contributed by atoms with E-state index in [0.717, 1.165) is 159 Å². The van der Waals surface area contributed by atoms with Gasteiger partial charge >= 0.3 is 53.7 Å². The number of ether oxygens (including phenoxy) is 13. The number of esters is 9. The zero-order valence-electron chi connectivity index (χ0n) is 63.2. The average molecular weight is 1510 g/mol. The summed E-state index contributed by atoms with van der Waals surface area (Å²) in [6.07, 6.45) is 24.3. The SMILES string of the molecule is C=CC(=O)OCCCCCCOc1ccc(C(=O)Oc2ccc(C3CCC(OC(=O)c4ccc(OCCCCCCOC(=O)C=C)cc4)CC3)cc2)cc1.C=CC(=O)OCCCCCCOc1ccc(C(=O)Oc2ccc(OC(=O)c3ccc(OCCCCCCOC(=O)C=C)cc3)c(C(=O)OCCCCC)c2)cc1. The van der Waals surface area contributed by atoms with Crippen LogP contribution in [0, 0.1) is 0 Å². The summed E-state index contributed by atoms with van der Waals surface area (Å²) in [5.74, 6) is -1.09. The predicted octanol–water partition coefficient (Wildman–Crippen LogP) is 17.9. The number of hydrogen-bond donors (Lipinski definition) is 0.